The monoisotopic (exact) mass is 400 g/mol. The smallest absolute Gasteiger partial charge is 0.234 e. The number of hydrogen-bond donors (Lipinski definition) is 1. The van der Waals surface area contributed by atoms with Crippen LogP contribution in [-0.4, -0.2) is 26.4 Å². The average Bonchev–Trinajstić information content (AvgIpc) is 3.23. The normalized spacial score (nSPS) is 11.2. The maximum absolute atomic E-state index is 12.3. The first kappa shape index (κ1) is 19.6. The number of rotatable bonds is 6. The number of aryl methyl sites for hydroxylation is 2. The molecule has 0 atom stereocenters. The van der Waals surface area contributed by atoms with Crippen LogP contribution in [0.25, 0.3) is 11.4 Å². The summed E-state index contributed by atoms with van der Waals surface area (Å²) in [6.07, 6.45) is 0. The average molecular weight is 401 g/mol. The molecule has 2 aromatic heterocycles. The van der Waals surface area contributed by atoms with Crippen molar-refractivity contribution in [1.29, 1.82) is 0 Å². The zero-order chi connectivity index (χ0) is 19.6. The summed E-state index contributed by atoms with van der Waals surface area (Å²) < 4.78 is 1.95. The molecule has 0 spiro atoms. The topological polar surface area (TPSA) is 59.8 Å². The molecule has 0 aliphatic carbocycles. The molecule has 0 radical (unpaired) electrons. The van der Waals surface area contributed by atoms with Gasteiger partial charge in [-0.1, -0.05) is 37.7 Å². The third kappa shape index (κ3) is 4.59. The van der Waals surface area contributed by atoms with Gasteiger partial charge in [-0.2, -0.15) is 0 Å². The molecular weight excluding hydrogens is 376 g/mol. The number of benzene rings is 1. The van der Waals surface area contributed by atoms with Crippen molar-refractivity contribution in [1.82, 2.24) is 14.8 Å². The zero-order valence-corrected chi connectivity index (χ0v) is 17.9. The maximum atomic E-state index is 12.3. The lowest BCUT2D eigenvalue weighted by Gasteiger charge is -2.09. The lowest BCUT2D eigenvalue weighted by Crippen LogP contribution is -2.15. The molecule has 0 aliphatic rings. The second-order valence-corrected chi connectivity index (χ2v) is 8.80. The fourth-order valence-corrected chi connectivity index (χ4v) is 4.27. The van der Waals surface area contributed by atoms with Gasteiger partial charge in [0, 0.05) is 28.6 Å². The molecule has 5 nitrogen and oxygen atoms in total. The van der Waals surface area contributed by atoms with Crippen molar-refractivity contribution < 1.29 is 4.79 Å². The number of carbonyl (C=O) groups is 1. The zero-order valence-electron chi connectivity index (χ0n) is 16.2. The van der Waals surface area contributed by atoms with Crippen molar-refractivity contribution in [2.75, 3.05) is 11.1 Å². The van der Waals surface area contributed by atoms with Gasteiger partial charge in [-0.15, -0.1) is 21.5 Å². The van der Waals surface area contributed by atoms with Gasteiger partial charge < -0.3 is 9.88 Å². The van der Waals surface area contributed by atoms with Gasteiger partial charge in [0.1, 0.15) is 0 Å². The Morgan fingerprint density at radius 1 is 1.26 bits per heavy atom. The first-order valence-corrected chi connectivity index (χ1v) is 10.7. The first-order chi connectivity index (χ1) is 12.8. The molecule has 0 bridgehead atoms. The molecule has 3 aromatic rings. The predicted octanol–water partition coefficient (Wildman–Crippen LogP) is 5.01. The van der Waals surface area contributed by atoms with E-state index in [1.807, 2.05) is 43.7 Å². The molecule has 0 unspecified atom stereocenters. The van der Waals surface area contributed by atoms with E-state index in [4.69, 9.17) is 0 Å². The largest absolute Gasteiger partial charge is 0.325 e. The van der Waals surface area contributed by atoms with Crippen LogP contribution < -0.4 is 5.32 Å². The van der Waals surface area contributed by atoms with E-state index in [0.29, 0.717) is 11.7 Å². The first-order valence-electron chi connectivity index (χ1n) is 8.83. The summed E-state index contributed by atoms with van der Waals surface area (Å²) in [5.74, 6) is 1.58. The van der Waals surface area contributed by atoms with Gasteiger partial charge in [-0.25, -0.2) is 0 Å². The molecule has 0 saturated carbocycles. The van der Waals surface area contributed by atoms with Gasteiger partial charge in [0.2, 0.25) is 5.91 Å². The Balaban J connectivity index is 1.65. The highest BCUT2D eigenvalue weighted by Gasteiger charge is 2.15. The van der Waals surface area contributed by atoms with E-state index < -0.39 is 0 Å². The third-order valence-corrected chi connectivity index (χ3v) is 6.53. The maximum Gasteiger partial charge on any atom is 0.234 e. The minimum atomic E-state index is -0.0455. The lowest BCUT2D eigenvalue weighted by molar-refractivity contribution is -0.113. The number of nitrogens with zero attached hydrogens (tertiary/aromatic N) is 3. The quantitative estimate of drug-likeness (QED) is 0.591. The summed E-state index contributed by atoms with van der Waals surface area (Å²) in [4.78, 5) is 13.7. The minimum Gasteiger partial charge on any atom is -0.325 e. The molecule has 0 aliphatic heterocycles. The number of nitrogens with one attached hydrogen (secondary N) is 1. The van der Waals surface area contributed by atoms with Crippen LogP contribution in [-0.2, 0) is 11.8 Å². The Bertz CT molecular complexity index is 959. The van der Waals surface area contributed by atoms with E-state index in [9.17, 15) is 4.79 Å². The molecule has 27 heavy (non-hydrogen) atoms. The molecule has 0 fully saturated rings. The summed E-state index contributed by atoms with van der Waals surface area (Å²) in [7, 11) is 1.94. The summed E-state index contributed by atoms with van der Waals surface area (Å²) in [5, 5.41) is 14.4. The Kier molecular flexibility index (Phi) is 6.01. The Morgan fingerprint density at radius 3 is 2.74 bits per heavy atom. The molecule has 2 heterocycles. The second kappa shape index (κ2) is 8.27. The summed E-state index contributed by atoms with van der Waals surface area (Å²) in [6, 6.07) is 8.21. The second-order valence-electron chi connectivity index (χ2n) is 6.91. The van der Waals surface area contributed by atoms with Crippen LogP contribution in [0.1, 0.15) is 35.8 Å². The van der Waals surface area contributed by atoms with Crippen molar-refractivity contribution in [3.05, 3.63) is 45.6 Å². The van der Waals surface area contributed by atoms with E-state index in [-0.39, 0.29) is 5.91 Å². The van der Waals surface area contributed by atoms with Crippen molar-refractivity contribution in [3.8, 4) is 11.4 Å². The molecule has 1 aromatic carbocycles. The third-order valence-electron chi connectivity index (χ3n) is 4.28. The number of thioether (sulfide) groups is 1. The van der Waals surface area contributed by atoms with Gasteiger partial charge in [0.05, 0.1) is 5.75 Å². The van der Waals surface area contributed by atoms with Crippen LogP contribution in [0, 0.1) is 13.8 Å². The fraction of sp³-hybridized carbons (Fsp3) is 0.350. The van der Waals surface area contributed by atoms with E-state index in [2.05, 4.69) is 40.8 Å². The van der Waals surface area contributed by atoms with E-state index >= 15 is 0 Å². The summed E-state index contributed by atoms with van der Waals surface area (Å²) >= 11 is 3.13. The number of hydrogen-bond acceptors (Lipinski definition) is 5. The summed E-state index contributed by atoms with van der Waals surface area (Å²) in [5.41, 5.74) is 4.11. The lowest BCUT2D eigenvalue weighted by atomic mass is 10.1. The fourth-order valence-electron chi connectivity index (χ4n) is 2.65. The summed E-state index contributed by atoms with van der Waals surface area (Å²) in [6.45, 7) is 8.37. The van der Waals surface area contributed by atoms with E-state index in [1.165, 1.54) is 16.6 Å². The number of amides is 1. The molecule has 1 N–H and O–H groups in total. The molecule has 3 rings (SSSR count). The van der Waals surface area contributed by atoms with Gasteiger partial charge >= 0.3 is 0 Å². The van der Waals surface area contributed by atoms with Crippen LogP contribution >= 0.6 is 23.1 Å². The van der Waals surface area contributed by atoms with E-state index in [1.54, 1.807) is 11.3 Å². The number of thiophene rings is 1. The Hall–Kier alpha value is -2.12. The van der Waals surface area contributed by atoms with Gasteiger partial charge in [-0.3, -0.25) is 4.79 Å². The minimum absolute atomic E-state index is 0.0455. The van der Waals surface area contributed by atoms with Crippen molar-refractivity contribution in [2.24, 2.45) is 7.05 Å². The van der Waals surface area contributed by atoms with Crippen LogP contribution in [0.2, 0.25) is 0 Å². The van der Waals surface area contributed by atoms with Crippen molar-refractivity contribution in [3.63, 3.8) is 0 Å². The van der Waals surface area contributed by atoms with Gasteiger partial charge in [0.25, 0.3) is 0 Å². The van der Waals surface area contributed by atoms with Crippen LogP contribution in [0.15, 0.2) is 34.8 Å². The van der Waals surface area contributed by atoms with Crippen LogP contribution in [0.4, 0.5) is 5.69 Å². The number of anilines is 1. The molecule has 1 amide bonds. The van der Waals surface area contributed by atoms with Crippen molar-refractivity contribution >= 4 is 34.7 Å². The van der Waals surface area contributed by atoms with Gasteiger partial charge in [-0.05, 0) is 43.0 Å². The molecule has 7 heteroatoms. The molecule has 142 valence electrons. The highest BCUT2D eigenvalue weighted by molar-refractivity contribution is 7.99. The van der Waals surface area contributed by atoms with Crippen LogP contribution in [0.3, 0.4) is 0 Å². The number of carbonyl (C=O) groups excluding carboxylic acids is 1. The molecule has 0 saturated heterocycles. The van der Waals surface area contributed by atoms with Crippen LogP contribution in [0.5, 0.6) is 0 Å². The number of aromatic nitrogens is 3. The highest BCUT2D eigenvalue weighted by atomic mass is 32.2. The SMILES string of the molecule is Cc1ccc(C)c(NC(=O)CSc2nnc(-c3csc(C(C)C)c3)n2C)c1. The van der Waals surface area contributed by atoms with E-state index in [0.717, 1.165) is 33.4 Å². The predicted molar refractivity (Wildman–Crippen MR) is 114 cm³/mol. The van der Waals surface area contributed by atoms with Crippen molar-refractivity contribution in [2.45, 2.75) is 38.8 Å². The highest BCUT2D eigenvalue weighted by Crippen LogP contribution is 2.30. The Morgan fingerprint density at radius 2 is 2.04 bits per heavy atom. The standard InChI is InChI=1S/C20H24N4OS2/c1-12(2)17-9-15(10-26-17)19-22-23-20(24(19)5)27-11-18(25)21-16-8-13(3)6-7-14(16)4/h6-10,12H,11H2,1-5H3,(H,21,25). The Labute approximate surface area is 168 Å². The molecular formula is C20H24N4OS2. The van der Waals surface area contributed by atoms with Gasteiger partial charge in [0.15, 0.2) is 11.0 Å².